The number of nitrogens with two attached hydrogens (primary N) is 1. The zero-order valence-electron chi connectivity index (χ0n) is 12.4. The van der Waals surface area contributed by atoms with Crippen molar-refractivity contribution in [3.8, 4) is 0 Å². The van der Waals surface area contributed by atoms with Crippen molar-refractivity contribution in [3.63, 3.8) is 0 Å². The van der Waals surface area contributed by atoms with Crippen LogP contribution in [0.1, 0.15) is 5.69 Å². The smallest absolute Gasteiger partial charge is 0.128 e. The number of nitrogens with zero attached hydrogens (tertiary/aromatic N) is 5. The van der Waals surface area contributed by atoms with Gasteiger partial charge in [-0.3, -0.25) is 9.58 Å². The van der Waals surface area contributed by atoms with Crippen LogP contribution in [0.5, 0.6) is 0 Å². The normalized spacial score (nSPS) is 16.3. The standard InChI is InChI=1S/C15H22N6/c1-19-14(4-6-18-19)5-7-20-8-10-21(11-9-20)15-3-2-13(16)12-17-15/h2-4,6,12H,5,7-11,16H2,1H3. The molecule has 0 saturated carbocycles. The van der Waals surface area contributed by atoms with Gasteiger partial charge in [-0.15, -0.1) is 0 Å². The second kappa shape index (κ2) is 6.13. The van der Waals surface area contributed by atoms with Crippen LogP contribution in [0.15, 0.2) is 30.6 Å². The lowest BCUT2D eigenvalue weighted by Gasteiger charge is -2.35. The predicted octanol–water partition coefficient (Wildman–Crippen LogP) is 0.762. The second-order valence-corrected chi connectivity index (χ2v) is 5.47. The Bertz CT molecular complexity index is 568. The van der Waals surface area contributed by atoms with Gasteiger partial charge in [0.15, 0.2) is 0 Å². The van der Waals surface area contributed by atoms with Crippen LogP contribution in [0.2, 0.25) is 0 Å². The fourth-order valence-electron chi connectivity index (χ4n) is 2.70. The molecule has 0 atom stereocenters. The minimum Gasteiger partial charge on any atom is -0.397 e. The summed E-state index contributed by atoms with van der Waals surface area (Å²) in [5.74, 6) is 1.02. The largest absolute Gasteiger partial charge is 0.397 e. The van der Waals surface area contributed by atoms with Crippen molar-refractivity contribution < 1.29 is 0 Å². The van der Waals surface area contributed by atoms with Gasteiger partial charge in [-0.05, 0) is 18.2 Å². The molecule has 21 heavy (non-hydrogen) atoms. The van der Waals surface area contributed by atoms with Gasteiger partial charge in [-0.1, -0.05) is 0 Å². The van der Waals surface area contributed by atoms with Gasteiger partial charge in [0.1, 0.15) is 5.82 Å². The van der Waals surface area contributed by atoms with E-state index >= 15 is 0 Å². The molecule has 2 aromatic rings. The van der Waals surface area contributed by atoms with E-state index in [-0.39, 0.29) is 0 Å². The van der Waals surface area contributed by atoms with E-state index in [2.05, 4.69) is 25.9 Å². The molecule has 0 amide bonds. The van der Waals surface area contributed by atoms with Crippen LogP contribution < -0.4 is 10.6 Å². The Hall–Kier alpha value is -2.08. The quantitative estimate of drug-likeness (QED) is 0.899. The highest BCUT2D eigenvalue weighted by Gasteiger charge is 2.17. The zero-order chi connectivity index (χ0) is 14.7. The number of anilines is 2. The van der Waals surface area contributed by atoms with Gasteiger partial charge in [0.2, 0.25) is 0 Å². The lowest BCUT2D eigenvalue weighted by atomic mass is 10.2. The van der Waals surface area contributed by atoms with E-state index in [1.54, 1.807) is 6.20 Å². The number of aryl methyl sites for hydroxylation is 1. The summed E-state index contributed by atoms with van der Waals surface area (Å²) in [4.78, 5) is 9.22. The summed E-state index contributed by atoms with van der Waals surface area (Å²) >= 11 is 0. The number of hydrogen-bond acceptors (Lipinski definition) is 5. The van der Waals surface area contributed by atoms with Crippen LogP contribution in [-0.4, -0.2) is 52.4 Å². The molecule has 0 aromatic carbocycles. The molecule has 1 fully saturated rings. The molecule has 0 aliphatic carbocycles. The number of aromatic nitrogens is 3. The minimum absolute atomic E-state index is 0.716. The fraction of sp³-hybridized carbons (Fsp3) is 0.467. The van der Waals surface area contributed by atoms with Crippen LogP contribution in [0.25, 0.3) is 0 Å². The van der Waals surface area contributed by atoms with Crippen molar-refractivity contribution in [2.24, 2.45) is 7.05 Å². The monoisotopic (exact) mass is 286 g/mol. The molecule has 0 radical (unpaired) electrons. The summed E-state index contributed by atoms with van der Waals surface area (Å²) in [6, 6.07) is 6.01. The third kappa shape index (κ3) is 3.33. The average molecular weight is 286 g/mol. The molecule has 112 valence electrons. The third-order valence-corrected chi connectivity index (χ3v) is 4.07. The fourth-order valence-corrected chi connectivity index (χ4v) is 2.70. The van der Waals surface area contributed by atoms with Crippen LogP contribution in [-0.2, 0) is 13.5 Å². The van der Waals surface area contributed by atoms with Crippen molar-refractivity contribution in [3.05, 3.63) is 36.3 Å². The maximum atomic E-state index is 5.68. The molecule has 2 N–H and O–H groups in total. The SMILES string of the molecule is Cn1nccc1CCN1CCN(c2ccc(N)cn2)CC1. The summed E-state index contributed by atoms with van der Waals surface area (Å²) in [6.07, 6.45) is 4.64. The van der Waals surface area contributed by atoms with Gasteiger partial charge in [0.05, 0.1) is 11.9 Å². The highest BCUT2D eigenvalue weighted by molar-refractivity contribution is 5.46. The Balaban J connectivity index is 1.49. The van der Waals surface area contributed by atoms with Crippen molar-refractivity contribution in [2.45, 2.75) is 6.42 Å². The topological polar surface area (TPSA) is 63.2 Å². The highest BCUT2D eigenvalue weighted by Crippen LogP contribution is 2.14. The summed E-state index contributed by atoms with van der Waals surface area (Å²) < 4.78 is 1.95. The van der Waals surface area contributed by atoms with E-state index in [9.17, 15) is 0 Å². The lowest BCUT2D eigenvalue weighted by Crippen LogP contribution is -2.47. The molecule has 1 aliphatic heterocycles. The Kier molecular flexibility index (Phi) is 4.06. The van der Waals surface area contributed by atoms with Crippen LogP contribution in [0, 0.1) is 0 Å². The van der Waals surface area contributed by atoms with E-state index in [1.807, 2.05) is 30.1 Å². The summed E-state index contributed by atoms with van der Waals surface area (Å²) in [7, 11) is 2.00. The number of hydrogen-bond donors (Lipinski definition) is 1. The first kappa shape index (κ1) is 13.9. The van der Waals surface area contributed by atoms with E-state index in [4.69, 9.17) is 5.73 Å². The Morgan fingerprint density at radius 1 is 1.14 bits per heavy atom. The van der Waals surface area contributed by atoms with E-state index < -0.39 is 0 Å². The van der Waals surface area contributed by atoms with Gasteiger partial charge < -0.3 is 10.6 Å². The van der Waals surface area contributed by atoms with Crippen LogP contribution in [0.3, 0.4) is 0 Å². The number of piperazine rings is 1. The molecular formula is C15H22N6. The molecule has 0 bridgehead atoms. The van der Waals surface area contributed by atoms with Crippen LogP contribution >= 0.6 is 0 Å². The first-order valence-corrected chi connectivity index (χ1v) is 7.38. The maximum absolute atomic E-state index is 5.68. The highest BCUT2D eigenvalue weighted by atomic mass is 15.3. The van der Waals surface area contributed by atoms with Crippen molar-refractivity contribution in [1.82, 2.24) is 19.7 Å². The van der Waals surface area contributed by atoms with Crippen LogP contribution in [0.4, 0.5) is 11.5 Å². The second-order valence-electron chi connectivity index (χ2n) is 5.47. The molecule has 1 aliphatic rings. The first-order valence-electron chi connectivity index (χ1n) is 7.38. The summed E-state index contributed by atoms with van der Waals surface area (Å²) in [5, 5.41) is 4.21. The number of rotatable bonds is 4. The molecule has 3 rings (SSSR count). The Labute approximate surface area is 125 Å². The van der Waals surface area contributed by atoms with Crippen molar-refractivity contribution in [1.29, 1.82) is 0 Å². The van der Waals surface area contributed by atoms with Gasteiger partial charge in [-0.2, -0.15) is 5.10 Å². The molecular weight excluding hydrogens is 264 g/mol. The van der Waals surface area contributed by atoms with Gasteiger partial charge in [0, 0.05) is 58.1 Å². The Morgan fingerprint density at radius 3 is 2.57 bits per heavy atom. The summed E-state index contributed by atoms with van der Waals surface area (Å²) in [5.41, 5.74) is 7.69. The molecule has 1 saturated heterocycles. The van der Waals surface area contributed by atoms with Gasteiger partial charge in [0.25, 0.3) is 0 Å². The molecule has 0 unspecified atom stereocenters. The number of pyridine rings is 1. The molecule has 2 aromatic heterocycles. The van der Waals surface area contributed by atoms with Crippen molar-refractivity contribution >= 4 is 11.5 Å². The molecule has 6 heteroatoms. The van der Waals surface area contributed by atoms with E-state index in [1.165, 1.54) is 5.69 Å². The maximum Gasteiger partial charge on any atom is 0.128 e. The first-order chi connectivity index (χ1) is 10.2. The average Bonchev–Trinajstić information content (AvgIpc) is 2.92. The lowest BCUT2D eigenvalue weighted by molar-refractivity contribution is 0.259. The predicted molar refractivity (Wildman–Crippen MR) is 84.2 cm³/mol. The van der Waals surface area contributed by atoms with E-state index in [0.29, 0.717) is 5.69 Å². The molecule has 6 nitrogen and oxygen atoms in total. The number of nitrogen functional groups attached to an aromatic ring is 1. The minimum atomic E-state index is 0.716. The van der Waals surface area contributed by atoms with Crippen molar-refractivity contribution in [2.75, 3.05) is 43.4 Å². The van der Waals surface area contributed by atoms with Gasteiger partial charge >= 0.3 is 0 Å². The van der Waals surface area contributed by atoms with Gasteiger partial charge in [-0.25, -0.2) is 4.98 Å². The Morgan fingerprint density at radius 2 is 1.95 bits per heavy atom. The summed E-state index contributed by atoms with van der Waals surface area (Å²) in [6.45, 7) is 5.26. The zero-order valence-corrected chi connectivity index (χ0v) is 12.4. The third-order valence-electron chi connectivity index (χ3n) is 4.07. The van der Waals surface area contributed by atoms with E-state index in [0.717, 1.165) is 45.0 Å². The molecule has 0 spiro atoms. The molecule has 3 heterocycles.